The quantitative estimate of drug-likeness (QED) is 0.700. The van der Waals surface area contributed by atoms with Crippen LogP contribution in [-0.4, -0.2) is 15.8 Å². The van der Waals surface area contributed by atoms with Crippen LogP contribution >= 0.6 is 0 Å². The van der Waals surface area contributed by atoms with Crippen molar-refractivity contribution in [3.63, 3.8) is 0 Å². The van der Waals surface area contributed by atoms with Gasteiger partial charge < -0.3 is 5.73 Å². The fourth-order valence-electron chi connectivity index (χ4n) is 1.78. The highest BCUT2D eigenvalue weighted by atomic mass is 15.2. The summed E-state index contributed by atoms with van der Waals surface area (Å²) in [5.41, 5.74) is 7.16. The summed E-state index contributed by atoms with van der Waals surface area (Å²) in [4.78, 5) is 0. The minimum Gasteiger partial charge on any atom is -0.327 e. The number of aryl methyl sites for hydroxylation is 1. The summed E-state index contributed by atoms with van der Waals surface area (Å²) in [6, 6.07) is 2.32. The molecule has 1 aromatic heterocycles. The Bertz CT molecular complexity index is 268. The average molecular weight is 209 g/mol. The molecule has 1 atom stereocenters. The highest BCUT2D eigenvalue weighted by molar-refractivity contribution is 5.00. The molecule has 15 heavy (non-hydrogen) atoms. The van der Waals surface area contributed by atoms with Crippen LogP contribution in [0.15, 0.2) is 12.3 Å². The normalized spacial score (nSPS) is 13.0. The summed E-state index contributed by atoms with van der Waals surface area (Å²) in [6.45, 7) is 2.23. The Labute approximate surface area is 92.7 Å². The van der Waals surface area contributed by atoms with Crippen molar-refractivity contribution in [2.45, 2.75) is 51.5 Å². The van der Waals surface area contributed by atoms with Crippen molar-refractivity contribution >= 4 is 0 Å². The second kappa shape index (κ2) is 6.62. The molecule has 1 heterocycles. The van der Waals surface area contributed by atoms with E-state index >= 15 is 0 Å². The molecule has 3 nitrogen and oxygen atoms in total. The number of unbranched alkanes of at least 4 members (excludes halogenated alkanes) is 3. The standard InChI is InChI=1S/C12H23N3/c1-3-4-5-6-7-11(13)10-12-8-9-15(2)14-12/h8-9,11H,3-7,10,13H2,1-2H3. The van der Waals surface area contributed by atoms with Gasteiger partial charge in [0.1, 0.15) is 0 Å². The average Bonchev–Trinajstić information content (AvgIpc) is 2.59. The number of hydrogen-bond acceptors (Lipinski definition) is 2. The Morgan fingerprint density at radius 2 is 2.20 bits per heavy atom. The third kappa shape index (κ3) is 4.98. The molecule has 0 aliphatic carbocycles. The Balaban J connectivity index is 2.15. The van der Waals surface area contributed by atoms with Gasteiger partial charge in [0.15, 0.2) is 0 Å². The van der Waals surface area contributed by atoms with Gasteiger partial charge in [-0.2, -0.15) is 5.10 Å². The Morgan fingerprint density at radius 3 is 2.80 bits per heavy atom. The Kier molecular flexibility index (Phi) is 5.40. The van der Waals surface area contributed by atoms with Gasteiger partial charge in [-0.25, -0.2) is 0 Å². The van der Waals surface area contributed by atoms with Gasteiger partial charge in [0, 0.05) is 25.7 Å². The maximum Gasteiger partial charge on any atom is 0.0639 e. The molecule has 1 unspecified atom stereocenters. The van der Waals surface area contributed by atoms with Gasteiger partial charge in [-0.15, -0.1) is 0 Å². The lowest BCUT2D eigenvalue weighted by Gasteiger charge is -2.09. The van der Waals surface area contributed by atoms with E-state index in [4.69, 9.17) is 5.73 Å². The topological polar surface area (TPSA) is 43.8 Å². The number of rotatable bonds is 7. The molecule has 1 rings (SSSR count). The van der Waals surface area contributed by atoms with Gasteiger partial charge in [0.25, 0.3) is 0 Å². The molecule has 0 saturated heterocycles. The van der Waals surface area contributed by atoms with Crippen LogP contribution in [0.2, 0.25) is 0 Å². The highest BCUT2D eigenvalue weighted by Crippen LogP contribution is 2.07. The number of nitrogens with two attached hydrogens (primary N) is 1. The van der Waals surface area contributed by atoms with Crippen molar-refractivity contribution in [3.8, 4) is 0 Å². The van der Waals surface area contributed by atoms with Crippen molar-refractivity contribution in [2.24, 2.45) is 12.8 Å². The first-order valence-electron chi connectivity index (χ1n) is 5.96. The maximum absolute atomic E-state index is 6.05. The summed E-state index contributed by atoms with van der Waals surface area (Å²) in [6.07, 6.45) is 9.18. The first-order chi connectivity index (χ1) is 7.22. The molecule has 0 aromatic carbocycles. The molecule has 0 aliphatic rings. The molecular formula is C12H23N3. The molecule has 0 aliphatic heterocycles. The van der Waals surface area contributed by atoms with E-state index in [1.165, 1.54) is 25.7 Å². The van der Waals surface area contributed by atoms with E-state index in [2.05, 4.69) is 12.0 Å². The second-order valence-electron chi connectivity index (χ2n) is 4.29. The van der Waals surface area contributed by atoms with E-state index in [1.54, 1.807) is 0 Å². The van der Waals surface area contributed by atoms with Gasteiger partial charge in [0.05, 0.1) is 5.69 Å². The lowest BCUT2D eigenvalue weighted by molar-refractivity contribution is 0.539. The number of hydrogen-bond donors (Lipinski definition) is 1. The summed E-state index contributed by atoms with van der Waals surface area (Å²) in [5, 5.41) is 4.33. The van der Waals surface area contributed by atoms with Crippen LogP contribution in [0.4, 0.5) is 0 Å². The third-order valence-electron chi connectivity index (χ3n) is 2.67. The van der Waals surface area contributed by atoms with E-state index in [-0.39, 0.29) is 6.04 Å². The minimum atomic E-state index is 0.275. The minimum absolute atomic E-state index is 0.275. The zero-order chi connectivity index (χ0) is 11.1. The molecule has 0 amide bonds. The predicted octanol–water partition coefficient (Wildman–Crippen LogP) is 2.26. The van der Waals surface area contributed by atoms with E-state index in [0.717, 1.165) is 18.5 Å². The molecule has 0 bridgehead atoms. The zero-order valence-corrected chi connectivity index (χ0v) is 9.95. The van der Waals surface area contributed by atoms with E-state index in [1.807, 2.05) is 24.0 Å². The van der Waals surface area contributed by atoms with Crippen molar-refractivity contribution < 1.29 is 0 Å². The fraction of sp³-hybridized carbons (Fsp3) is 0.750. The molecule has 0 fully saturated rings. The van der Waals surface area contributed by atoms with Crippen LogP contribution in [-0.2, 0) is 13.5 Å². The summed E-state index contributed by atoms with van der Waals surface area (Å²) in [5.74, 6) is 0. The molecule has 0 radical (unpaired) electrons. The van der Waals surface area contributed by atoms with E-state index in [9.17, 15) is 0 Å². The molecule has 2 N–H and O–H groups in total. The molecule has 0 spiro atoms. The van der Waals surface area contributed by atoms with Gasteiger partial charge in [-0.1, -0.05) is 32.6 Å². The first kappa shape index (κ1) is 12.2. The van der Waals surface area contributed by atoms with Crippen LogP contribution in [0.25, 0.3) is 0 Å². The summed E-state index contributed by atoms with van der Waals surface area (Å²) < 4.78 is 1.83. The monoisotopic (exact) mass is 209 g/mol. The van der Waals surface area contributed by atoms with Crippen molar-refractivity contribution in [3.05, 3.63) is 18.0 Å². The molecule has 86 valence electrons. The van der Waals surface area contributed by atoms with Gasteiger partial charge in [-0.05, 0) is 12.5 Å². The van der Waals surface area contributed by atoms with Crippen LogP contribution < -0.4 is 5.73 Å². The lowest BCUT2D eigenvalue weighted by atomic mass is 10.0. The van der Waals surface area contributed by atoms with Crippen LogP contribution in [0, 0.1) is 0 Å². The summed E-state index contributed by atoms with van der Waals surface area (Å²) >= 11 is 0. The second-order valence-corrected chi connectivity index (χ2v) is 4.29. The van der Waals surface area contributed by atoms with Gasteiger partial charge in [-0.3, -0.25) is 4.68 Å². The van der Waals surface area contributed by atoms with Crippen LogP contribution in [0.3, 0.4) is 0 Å². The molecular weight excluding hydrogens is 186 g/mol. The molecule has 3 heteroatoms. The molecule has 0 saturated carbocycles. The largest absolute Gasteiger partial charge is 0.327 e. The predicted molar refractivity (Wildman–Crippen MR) is 63.6 cm³/mol. The summed E-state index contributed by atoms with van der Waals surface area (Å²) in [7, 11) is 1.94. The Hall–Kier alpha value is -0.830. The first-order valence-corrected chi connectivity index (χ1v) is 5.96. The van der Waals surface area contributed by atoms with E-state index < -0.39 is 0 Å². The SMILES string of the molecule is CCCCCCC(N)Cc1ccn(C)n1. The highest BCUT2D eigenvalue weighted by Gasteiger charge is 2.05. The van der Waals surface area contributed by atoms with Crippen LogP contribution in [0.1, 0.15) is 44.7 Å². The third-order valence-corrected chi connectivity index (χ3v) is 2.67. The molecule has 1 aromatic rings. The van der Waals surface area contributed by atoms with E-state index in [0.29, 0.717) is 0 Å². The smallest absolute Gasteiger partial charge is 0.0639 e. The Morgan fingerprint density at radius 1 is 1.40 bits per heavy atom. The van der Waals surface area contributed by atoms with Crippen molar-refractivity contribution in [2.75, 3.05) is 0 Å². The number of aromatic nitrogens is 2. The van der Waals surface area contributed by atoms with Crippen molar-refractivity contribution in [1.82, 2.24) is 9.78 Å². The number of nitrogens with zero attached hydrogens (tertiary/aromatic N) is 2. The van der Waals surface area contributed by atoms with Crippen LogP contribution in [0.5, 0.6) is 0 Å². The fourth-order valence-corrected chi connectivity index (χ4v) is 1.78. The van der Waals surface area contributed by atoms with Crippen molar-refractivity contribution in [1.29, 1.82) is 0 Å². The lowest BCUT2D eigenvalue weighted by Crippen LogP contribution is -2.22. The van der Waals surface area contributed by atoms with Gasteiger partial charge in [0.2, 0.25) is 0 Å². The maximum atomic E-state index is 6.05. The zero-order valence-electron chi connectivity index (χ0n) is 9.95. The van der Waals surface area contributed by atoms with Gasteiger partial charge >= 0.3 is 0 Å².